The van der Waals surface area contributed by atoms with Gasteiger partial charge in [0.25, 0.3) is 0 Å². The van der Waals surface area contributed by atoms with E-state index >= 15 is 0 Å². The number of aliphatic carboxylic acids is 2. The Morgan fingerprint density at radius 3 is 2.53 bits per heavy atom. The van der Waals surface area contributed by atoms with Gasteiger partial charge in [0.1, 0.15) is 6.10 Å². The van der Waals surface area contributed by atoms with Crippen LogP contribution in [-0.4, -0.2) is 52.9 Å². The second kappa shape index (κ2) is 11.9. The summed E-state index contributed by atoms with van der Waals surface area (Å²) in [4.78, 5) is 23.4. The molecule has 2 atom stereocenters. The highest BCUT2D eigenvalue weighted by atomic mass is 35.5. The van der Waals surface area contributed by atoms with Gasteiger partial charge in [-0.25, -0.2) is 14.0 Å². The van der Waals surface area contributed by atoms with Crippen molar-refractivity contribution in [1.82, 2.24) is 10.3 Å². The number of nitrogens with one attached hydrogen (secondary N) is 1. The Morgan fingerprint density at radius 1 is 1.27 bits per heavy atom. The van der Waals surface area contributed by atoms with E-state index in [9.17, 15) is 14.0 Å². The molecule has 3 N–H and O–H groups in total. The lowest BCUT2D eigenvalue weighted by molar-refractivity contribution is -0.134. The zero-order chi connectivity index (χ0) is 21.9. The molecule has 1 fully saturated rings. The predicted molar refractivity (Wildman–Crippen MR) is 106 cm³/mol. The molecule has 8 nitrogen and oxygen atoms in total. The molecule has 1 aromatic heterocycles. The number of ether oxygens (including phenoxy) is 2. The summed E-state index contributed by atoms with van der Waals surface area (Å²) in [6, 6.07) is 9.87. The second-order valence-electron chi connectivity index (χ2n) is 5.99. The van der Waals surface area contributed by atoms with Crippen LogP contribution in [0.3, 0.4) is 0 Å². The van der Waals surface area contributed by atoms with Crippen molar-refractivity contribution in [3.05, 3.63) is 71.3 Å². The molecule has 10 heteroatoms. The van der Waals surface area contributed by atoms with Crippen LogP contribution in [0.15, 0.2) is 54.7 Å². The fourth-order valence-electron chi connectivity index (χ4n) is 2.50. The number of carboxylic acids is 2. The molecule has 160 valence electrons. The fourth-order valence-corrected chi connectivity index (χ4v) is 2.66. The third-order valence-electron chi connectivity index (χ3n) is 3.79. The van der Waals surface area contributed by atoms with Crippen LogP contribution in [-0.2, 0) is 14.3 Å². The maximum atomic E-state index is 14.0. The number of morpholine rings is 1. The number of nitrogens with zero attached hydrogens (tertiary/aromatic N) is 1. The Kier molecular flexibility index (Phi) is 9.20. The number of carbonyl (C=O) groups is 2. The second-order valence-corrected chi connectivity index (χ2v) is 6.43. The molecule has 1 saturated heterocycles. The van der Waals surface area contributed by atoms with Gasteiger partial charge in [0, 0.05) is 36.5 Å². The quantitative estimate of drug-likeness (QED) is 0.589. The molecule has 0 bridgehead atoms. The first kappa shape index (κ1) is 23.3. The third kappa shape index (κ3) is 7.78. The number of halogens is 2. The number of pyridine rings is 1. The standard InChI is InChI=1S/C16H16ClFN2O2.C4H4O4/c17-11-4-5-14(12(18)9-11)22-16(13-3-1-2-6-20-13)15-10-19-7-8-21-15;5-3(6)1-2-4(7)8/h1-6,9,15-16,19H,7-8,10H2;1-2H,(H,5,6)(H,7,8)/t15-,16-;/m0./s1. The van der Waals surface area contributed by atoms with Gasteiger partial charge in [-0.3, -0.25) is 4.98 Å². The largest absolute Gasteiger partial charge is 0.478 e. The minimum absolute atomic E-state index is 0.134. The van der Waals surface area contributed by atoms with Gasteiger partial charge in [-0.2, -0.15) is 0 Å². The molecule has 0 saturated carbocycles. The van der Waals surface area contributed by atoms with E-state index in [4.69, 9.17) is 31.3 Å². The molecular formula is C20H20ClFN2O6. The van der Waals surface area contributed by atoms with Crippen LogP contribution in [0.1, 0.15) is 11.8 Å². The van der Waals surface area contributed by atoms with E-state index in [-0.39, 0.29) is 11.9 Å². The summed E-state index contributed by atoms with van der Waals surface area (Å²) >= 11 is 5.78. The molecule has 0 amide bonds. The Balaban J connectivity index is 0.000000343. The summed E-state index contributed by atoms with van der Waals surface area (Å²) in [6.07, 6.45) is 2.06. The third-order valence-corrected chi connectivity index (χ3v) is 4.02. The lowest BCUT2D eigenvalue weighted by Crippen LogP contribution is -2.43. The first-order valence-electron chi connectivity index (χ1n) is 8.85. The van der Waals surface area contributed by atoms with Crippen molar-refractivity contribution in [2.75, 3.05) is 19.7 Å². The maximum absolute atomic E-state index is 14.0. The van der Waals surface area contributed by atoms with Gasteiger partial charge < -0.3 is 25.0 Å². The minimum atomic E-state index is -1.26. The van der Waals surface area contributed by atoms with Gasteiger partial charge in [0.15, 0.2) is 17.7 Å². The van der Waals surface area contributed by atoms with E-state index in [1.807, 2.05) is 18.2 Å². The Hall–Kier alpha value is -3.01. The van der Waals surface area contributed by atoms with Crippen molar-refractivity contribution >= 4 is 23.5 Å². The summed E-state index contributed by atoms with van der Waals surface area (Å²) in [5, 5.41) is 19.2. The SMILES string of the molecule is Fc1cc(Cl)ccc1O[C@@H](c1ccccn1)[C@@H]1CNCCO1.O=C(O)C=CC(=O)O. The molecule has 2 heterocycles. The molecule has 1 aliphatic rings. The molecule has 30 heavy (non-hydrogen) atoms. The zero-order valence-electron chi connectivity index (χ0n) is 15.7. The Bertz CT molecular complexity index is 859. The van der Waals surface area contributed by atoms with Crippen molar-refractivity contribution in [1.29, 1.82) is 0 Å². The Morgan fingerprint density at radius 2 is 2.00 bits per heavy atom. The average molecular weight is 439 g/mol. The molecule has 0 spiro atoms. The fraction of sp³-hybridized carbons (Fsp3) is 0.250. The van der Waals surface area contributed by atoms with E-state index in [0.29, 0.717) is 36.0 Å². The van der Waals surface area contributed by atoms with Crippen LogP contribution < -0.4 is 10.1 Å². The van der Waals surface area contributed by atoms with E-state index in [1.54, 1.807) is 12.3 Å². The zero-order valence-corrected chi connectivity index (χ0v) is 16.5. The number of hydrogen-bond acceptors (Lipinski definition) is 6. The van der Waals surface area contributed by atoms with Gasteiger partial charge in [0.05, 0.1) is 12.3 Å². The smallest absolute Gasteiger partial charge is 0.328 e. The first-order valence-corrected chi connectivity index (χ1v) is 9.23. The summed E-state index contributed by atoms with van der Waals surface area (Å²) in [6.45, 7) is 2.00. The molecular weight excluding hydrogens is 419 g/mol. The van der Waals surface area contributed by atoms with Crippen molar-refractivity contribution in [3.63, 3.8) is 0 Å². The van der Waals surface area contributed by atoms with Crippen LogP contribution in [0, 0.1) is 5.82 Å². The normalized spacial score (nSPS) is 16.9. The molecule has 1 aliphatic heterocycles. The van der Waals surface area contributed by atoms with E-state index in [2.05, 4.69) is 10.3 Å². The van der Waals surface area contributed by atoms with Crippen LogP contribution in [0.25, 0.3) is 0 Å². The van der Waals surface area contributed by atoms with E-state index < -0.39 is 23.9 Å². The highest BCUT2D eigenvalue weighted by Crippen LogP contribution is 2.29. The highest BCUT2D eigenvalue weighted by Gasteiger charge is 2.29. The van der Waals surface area contributed by atoms with Gasteiger partial charge in [-0.15, -0.1) is 0 Å². The molecule has 3 rings (SSSR count). The van der Waals surface area contributed by atoms with Gasteiger partial charge in [-0.1, -0.05) is 17.7 Å². The molecule has 0 unspecified atom stereocenters. The summed E-state index contributed by atoms with van der Waals surface area (Å²) < 4.78 is 25.6. The number of rotatable bonds is 6. The topological polar surface area (TPSA) is 118 Å². The van der Waals surface area contributed by atoms with Crippen molar-refractivity contribution in [3.8, 4) is 5.75 Å². The lowest BCUT2D eigenvalue weighted by atomic mass is 10.1. The van der Waals surface area contributed by atoms with E-state index in [1.165, 1.54) is 12.1 Å². The van der Waals surface area contributed by atoms with Gasteiger partial charge >= 0.3 is 11.9 Å². The number of carboxylic acid groups (broad SMARTS) is 2. The number of hydrogen-bond donors (Lipinski definition) is 3. The molecule has 1 aromatic carbocycles. The first-order chi connectivity index (χ1) is 14.4. The lowest BCUT2D eigenvalue weighted by Gasteiger charge is -2.31. The summed E-state index contributed by atoms with van der Waals surface area (Å²) in [5.41, 5.74) is 0.700. The van der Waals surface area contributed by atoms with Crippen LogP contribution in [0.4, 0.5) is 4.39 Å². The van der Waals surface area contributed by atoms with Gasteiger partial charge in [0.2, 0.25) is 0 Å². The average Bonchev–Trinajstić information content (AvgIpc) is 2.73. The summed E-state index contributed by atoms with van der Waals surface area (Å²) in [7, 11) is 0. The summed E-state index contributed by atoms with van der Waals surface area (Å²) in [5.74, 6) is -2.88. The number of aromatic nitrogens is 1. The molecule has 0 radical (unpaired) electrons. The minimum Gasteiger partial charge on any atom is -0.478 e. The van der Waals surface area contributed by atoms with Crippen LogP contribution >= 0.6 is 11.6 Å². The monoisotopic (exact) mass is 438 g/mol. The van der Waals surface area contributed by atoms with Crippen molar-refractivity contribution < 1.29 is 33.7 Å². The van der Waals surface area contributed by atoms with Crippen molar-refractivity contribution in [2.45, 2.75) is 12.2 Å². The molecule has 2 aromatic rings. The van der Waals surface area contributed by atoms with Crippen LogP contribution in [0.5, 0.6) is 5.75 Å². The predicted octanol–water partition coefficient (Wildman–Crippen LogP) is 2.69. The highest BCUT2D eigenvalue weighted by molar-refractivity contribution is 6.30. The van der Waals surface area contributed by atoms with Crippen LogP contribution in [0.2, 0.25) is 5.02 Å². The maximum Gasteiger partial charge on any atom is 0.328 e. The van der Waals surface area contributed by atoms with Gasteiger partial charge in [-0.05, 0) is 30.3 Å². The Labute approximate surface area is 176 Å². The van der Waals surface area contributed by atoms with E-state index in [0.717, 1.165) is 6.54 Å². The number of benzene rings is 1. The molecule has 0 aliphatic carbocycles. The van der Waals surface area contributed by atoms with Crippen molar-refractivity contribution in [2.24, 2.45) is 0 Å².